The third-order valence-electron chi connectivity index (χ3n) is 4.36. The first-order chi connectivity index (χ1) is 13.2. The molecule has 10 heteroatoms. The maximum absolute atomic E-state index is 11.9. The van der Waals surface area contributed by atoms with Crippen LogP contribution in [-0.2, 0) is 11.3 Å². The number of hydrogen-bond acceptors (Lipinski definition) is 7. The van der Waals surface area contributed by atoms with E-state index in [9.17, 15) is 4.79 Å². The van der Waals surface area contributed by atoms with Crippen molar-refractivity contribution in [1.29, 1.82) is 0 Å². The van der Waals surface area contributed by atoms with E-state index < -0.39 is 0 Å². The number of hydrogen-bond donors (Lipinski definition) is 2. The van der Waals surface area contributed by atoms with E-state index in [1.807, 2.05) is 34.9 Å². The second-order valence-electron chi connectivity index (χ2n) is 6.42. The SMILES string of the molecule is NCc1ccc2nnc(Sc3ccc4nc(NC(=O)C5CC5)cn4n3)n2c1. The zero-order valence-electron chi connectivity index (χ0n) is 14.2. The van der Waals surface area contributed by atoms with Crippen LogP contribution >= 0.6 is 11.8 Å². The Morgan fingerprint density at radius 2 is 2.04 bits per heavy atom. The highest BCUT2D eigenvalue weighted by Crippen LogP contribution is 2.30. The predicted molar refractivity (Wildman–Crippen MR) is 99.3 cm³/mol. The molecule has 0 radical (unpaired) electrons. The highest BCUT2D eigenvalue weighted by molar-refractivity contribution is 7.99. The van der Waals surface area contributed by atoms with E-state index in [0.717, 1.165) is 29.1 Å². The minimum Gasteiger partial charge on any atom is -0.326 e. The molecule has 0 atom stereocenters. The van der Waals surface area contributed by atoms with Gasteiger partial charge in [0, 0.05) is 18.7 Å². The lowest BCUT2D eigenvalue weighted by atomic mass is 10.3. The molecule has 4 aromatic heterocycles. The summed E-state index contributed by atoms with van der Waals surface area (Å²) in [5.41, 5.74) is 8.14. The largest absolute Gasteiger partial charge is 0.326 e. The molecular weight excluding hydrogens is 364 g/mol. The first kappa shape index (κ1) is 16.2. The molecule has 0 unspecified atom stereocenters. The summed E-state index contributed by atoms with van der Waals surface area (Å²) >= 11 is 1.40. The van der Waals surface area contributed by atoms with Gasteiger partial charge in [0.2, 0.25) is 11.1 Å². The highest BCUT2D eigenvalue weighted by Gasteiger charge is 2.30. The molecule has 1 aliphatic carbocycles. The lowest BCUT2D eigenvalue weighted by Gasteiger charge is -2.02. The Labute approximate surface area is 158 Å². The van der Waals surface area contributed by atoms with Crippen molar-refractivity contribution < 1.29 is 4.79 Å². The van der Waals surface area contributed by atoms with Crippen LogP contribution in [0.2, 0.25) is 0 Å². The van der Waals surface area contributed by atoms with E-state index in [1.54, 1.807) is 10.7 Å². The fourth-order valence-corrected chi connectivity index (χ4v) is 3.53. The van der Waals surface area contributed by atoms with Crippen molar-refractivity contribution in [2.24, 2.45) is 11.7 Å². The summed E-state index contributed by atoms with van der Waals surface area (Å²) in [6.45, 7) is 0.451. The number of pyridine rings is 1. The molecule has 4 heterocycles. The van der Waals surface area contributed by atoms with Crippen LogP contribution in [0.25, 0.3) is 11.3 Å². The Morgan fingerprint density at radius 1 is 1.19 bits per heavy atom. The molecule has 0 bridgehead atoms. The molecule has 1 aliphatic rings. The quantitative estimate of drug-likeness (QED) is 0.542. The molecule has 0 aromatic carbocycles. The monoisotopic (exact) mass is 380 g/mol. The summed E-state index contributed by atoms with van der Waals surface area (Å²) in [4.78, 5) is 16.3. The number of fused-ring (bicyclic) bond motifs is 2. The maximum Gasteiger partial charge on any atom is 0.228 e. The zero-order valence-corrected chi connectivity index (χ0v) is 15.1. The van der Waals surface area contributed by atoms with Crippen molar-refractivity contribution in [3.8, 4) is 0 Å². The molecule has 1 fully saturated rings. The standard InChI is InChI=1S/C17H16N8OS/c18-7-10-1-4-14-21-22-17(24(14)8-10)27-15-6-5-13-19-12(9-25(13)23-15)20-16(26)11-2-3-11/h1,4-6,8-9,11H,2-3,7,18H2,(H,20,26). The molecule has 0 saturated heterocycles. The number of carbonyl (C=O) groups excluding carboxylic acids is 1. The smallest absolute Gasteiger partial charge is 0.228 e. The van der Waals surface area contributed by atoms with Crippen LogP contribution in [0, 0.1) is 5.92 Å². The second-order valence-corrected chi connectivity index (χ2v) is 7.41. The molecule has 5 rings (SSSR count). The number of imidazole rings is 1. The normalized spacial score (nSPS) is 14.1. The number of aromatic nitrogens is 6. The summed E-state index contributed by atoms with van der Waals surface area (Å²) in [6, 6.07) is 7.55. The lowest BCUT2D eigenvalue weighted by Crippen LogP contribution is -2.13. The predicted octanol–water partition coefficient (Wildman–Crippen LogP) is 1.73. The highest BCUT2D eigenvalue weighted by atomic mass is 32.2. The van der Waals surface area contributed by atoms with Gasteiger partial charge in [-0.25, -0.2) is 9.50 Å². The maximum atomic E-state index is 11.9. The Kier molecular flexibility index (Phi) is 3.80. The zero-order chi connectivity index (χ0) is 18.4. The fraction of sp³-hybridized carbons (Fsp3) is 0.235. The van der Waals surface area contributed by atoms with Crippen LogP contribution in [0.3, 0.4) is 0 Å². The molecule has 9 nitrogen and oxygen atoms in total. The molecule has 27 heavy (non-hydrogen) atoms. The summed E-state index contributed by atoms with van der Waals surface area (Å²) in [6.07, 6.45) is 5.56. The van der Waals surface area contributed by atoms with Gasteiger partial charge < -0.3 is 11.1 Å². The molecule has 3 N–H and O–H groups in total. The van der Waals surface area contributed by atoms with Gasteiger partial charge >= 0.3 is 0 Å². The van der Waals surface area contributed by atoms with E-state index in [4.69, 9.17) is 5.73 Å². The molecule has 1 saturated carbocycles. The molecule has 0 spiro atoms. The van der Waals surface area contributed by atoms with Gasteiger partial charge in [-0.2, -0.15) is 5.10 Å². The minimum absolute atomic E-state index is 0.0265. The van der Waals surface area contributed by atoms with Crippen LogP contribution < -0.4 is 11.1 Å². The average Bonchev–Trinajstić information content (AvgIpc) is 3.35. The number of rotatable bonds is 5. The van der Waals surface area contributed by atoms with Crippen LogP contribution in [0.5, 0.6) is 0 Å². The minimum atomic E-state index is 0.0265. The number of nitrogens with one attached hydrogen (secondary N) is 1. The van der Waals surface area contributed by atoms with E-state index in [1.165, 1.54) is 11.8 Å². The third-order valence-corrected chi connectivity index (χ3v) is 5.25. The Morgan fingerprint density at radius 3 is 2.85 bits per heavy atom. The number of amides is 1. The van der Waals surface area contributed by atoms with Gasteiger partial charge in [-0.05, 0) is 48.4 Å². The molecule has 136 valence electrons. The number of anilines is 1. The summed E-state index contributed by atoms with van der Waals surface area (Å²) in [7, 11) is 0. The first-order valence-corrected chi connectivity index (χ1v) is 9.40. The van der Waals surface area contributed by atoms with Gasteiger partial charge in [0.1, 0.15) is 5.03 Å². The topological polar surface area (TPSA) is 115 Å². The van der Waals surface area contributed by atoms with E-state index >= 15 is 0 Å². The summed E-state index contributed by atoms with van der Waals surface area (Å²) in [5.74, 6) is 0.675. The molecule has 1 amide bonds. The van der Waals surface area contributed by atoms with Gasteiger partial charge in [-0.15, -0.1) is 10.2 Å². The van der Waals surface area contributed by atoms with Crippen LogP contribution in [-0.4, -0.2) is 35.1 Å². The molecule has 0 aliphatic heterocycles. The number of nitrogens with two attached hydrogens (primary N) is 1. The second kappa shape index (κ2) is 6.32. The van der Waals surface area contributed by atoms with Gasteiger partial charge in [0.15, 0.2) is 17.1 Å². The Hall–Kier alpha value is -2.98. The molecule has 4 aromatic rings. The van der Waals surface area contributed by atoms with E-state index in [0.29, 0.717) is 23.2 Å². The van der Waals surface area contributed by atoms with Crippen LogP contribution in [0.15, 0.2) is 46.8 Å². The Bertz CT molecular complexity index is 1160. The molecular formula is C17H16N8OS. The van der Waals surface area contributed by atoms with E-state index in [2.05, 4.69) is 25.6 Å². The third kappa shape index (κ3) is 3.13. The average molecular weight is 380 g/mol. The van der Waals surface area contributed by atoms with Gasteiger partial charge in [-0.3, -0.25) is 9.20 Å². The van der Waals surface area contributed by atoms with Crippen molar-refractivity contribution in [2.45, 2.75) is 29.6 Å². The fourth-order valence-electron chi connectivity index (χ4n) is 2.75. The summed E-state index contributed by atoms with van der Waals surface area (Å²) in [5, 5.41) is 17.2. The van der Waals surface area contributed by atoms with Gasteiger partial charge in [0.25, 0.3) is 0 Å². The number of nitrogens with zero attached hydrogens (tertiary/aromatic N) is 6. The van der Waals surface area contributed by atoms with Crippen molar-refractivity contribution in [1.82, 2.24) is 29.2 Å². The van der Waals surface area contributed by atoms with Crippen molar-refractivity contribution in [3.05, 3.63) is 42.2 Å². The Balaban J connectivity index is 1.42. The lowest BCUT2D eigenvalue weighted by molar-refractivity contribution is -0.117. The van der Waals surface area contributed by atoms with Crippen molar-refractivity contribution in [3.63, 3.8) is 0 Å². The van der Waals surface area contributed by atoms with Crippen LogP contribution in [0.1, 0.15) is 18.4 Å². The summed E-state index contributed by atoms with van der Waals surface area (Å²) < 4.78 is 3.55. The van der Waals surface area contributed by atoms with Gasteiger partial charge in [0.05, 0.1) is 6.20 Å². The van der Waals surface area contributed by atoms with Crippen LogP contribution in [0.4, 0.5) is 5.82 Å². The van der Waals surface area contributed by atoms with Gasteiger partial charge in [-0.1, -0.05) is 6.07 Å². The van der Waals surface area contributed by atoms with E-state index in [-0.39, 0.29) is 11.8 Å². The number of carbonyl (C=O) groups is 1. The van der Waals surface area contributed by atoms with Crippen molar-refractivity contribution >= 4 is 34.8 Å². The van der Waals surface area contributed by atoms with Crippen molar-refractivity contribution in [2.75, 3.05) is 5.32 Å². The first-order valence-electron chi connectivity index (χ1n) is 8.58.